The second kappa shape index (κ2) is 9.23. The Morgan fingerprint density at radius 2 is 1.57 bits per heavy atom. The average Bonchev–Trinajstić information content (AvgIpc) is 2.69. The Kier molecular flexibility index (Phi) is 6.49. The van der Waals surface area contributed by atoms with Crippen molar-refractivity contribution in [3.05, 3.63) is 65.2 Å². The Bertz CT molecular complexity index is 840. The van der Waals surface area contributed by atoms with Gasteiger partial charge in [-0.3, -0.25) is 5.32 Å². The van der Waals surface area contributed by atoms with Gasteiger partial charge in [0.2, 0.25) is 0 Å². The van der Waals surface area contributed by atoms with Crippen LogP contribution in [0.15, 0.2) is 48.5 Å². The van der Waals surface area contributed by atoms with Crippen LogP contribution in [-0.2, 0) is 29.1 Å². The van der Waals surface area contributed by atoms with Gasteiger partial charge < -0.3 is 9.47 Å². The quantitative estimate of drug-likeness (QED) is 0.840. The van der Waals surface area contributed by atoms with E-state index in [1.807, 2.05) is 47.5 Å². The Morgan fingerprint density at radius 3 is 2.29 bits per heavy atom. The number of nitrogens with zero attached hydrogens (tertiary/aromatic N) is 2. The number of para-hydroxylation sites is 1. The number of hydrazine groups is 1. The lowest BCUT2D eigenvalue weighted by Gasteiger charge is -2.39. The summed E-state index contributed by atoms with van der Waals surface area (Å²) >= 11 is 0. The Morgan fingerprint density at radius 1 is 0.929 bits per heavy atom. The summed E-state index contributed by atoms with van der Waals surface area (Å²) in [4.78, 5) is 24.4. The third-order valence-electron chi connectivity index (χ3n) is 4.49. The van der Waals surface area contributed by atoms with Gasteiger partial charge >= 0.3 is 12.2 Å². The monoisotopic (exact) mass is 383 g/mol. The third kappa shape index (κ3) is 4.61. The van der Waals surface area contributed by atoms with Crippen LogP contribution >= 0.6 is 0 Å². The van der Waals surface area contributed by atoms with Gasteiger partial charge in [-0.25, -0.2) is 19.6 Å². The minimum Gasteiger partial charge on any atom is -0.450 e. The second-order valence-corrected chi connectivity index (χ2v) is 6.35. The lowest BCUT2D eigenvalue weighted by molar-refractivity contribution is -0.0491. The Balaban J connectivity index is 1.85. The molecule has 0 fully saturated rings. The molecule has 2 aromatic rings. The molecule has 3 rings (SSSR count). The number of nitrogens with one attached hydrogen (secondary N) is 1. The fourth-order valence-corrected chi connectivity index (χ4v) is 3.18. The minimum absolute atomic E-state index is 0.299. The summed E-state index contributed by atoms with van der Waals surface area (Å²) < 4.78 is 10.2. The van der Waals surface area contributed by atoms with Gasteiger partial charge in [0.05, 0.1) is 19.8 Å². The molecule has 0 spiro atoms. The number of rotatable bonds is 5. The fourth-order valence-electron chi connectivity index (χ4n) is 3.18. The molecule has 1 aliphatic rings. The van der Waals surface area contributed by atoms with Crippen LogP contribution in [0, 0.1) is 0 Å². The zero-order chi connectivity index (χ0) is 19.9. The molecule has 28 heavy (non-hydrogen) atoms. The maximum Gasteiger partial charge on any atom is 0.424 e. The van der Waals surface area contributed by atoms with Crippen molar-refractivity contribution in [2.24, 2.45) is 0 Å². The van der Waals surface area contributed by atoms with Crippen LogP contribution in [0.1, 0.15) is 30.5 Å². The highest BCUT2D eigenvalue weighted by molar-refractivity contribution is 5.85. The second-order valence-electron chi connectivity index (χ2n) is 6.35. The van der Waals surface area contributed by atoms with Crippen molar-refractivity contribution < 1.29 is 19.1 Å². The van der Waals surface area contributed by atoms with E-state index in [1.54, 1.807) is 18.9 Å². The van der Waals surface area contributed by atoms with Crippen LogP contribution < -0.4 is 5.32 Å². The van der Waals surface area contributed by atoms with Gasteiger partial charge in [-0.05, 0) is 36.6 Å². The molecule has 1 aliphatic heterocycles. The maximum atomic E-state index is 12.5. The lowest BCUT2D eigenvalue weighted by Crippen LogP contribution is -2.48. The van der Waals surface area contributed by atoms with Crippen LogP contribution in [0.3, 0.4) is 0 Å². The first-order chi connectivity index (χ1) is 13.6. The normalized spacial score (nSPS) is 13.6. The van der Waals surface area contributed by atoms with Gasteiger partial charge in [0.15, 0.2) is 0 Å². The summed E-state index contributed by atoms with van der Waals surface area (Å²) in [5.74, 6) is 0. The molecule has 1 heterocycles. The summed E-state index contributed by atoms with van der Waals surface area (Å²) in [5.41, 5.74) is 3.80. The number of hydrogen-bond acceptors (Lipinski definition) is 5. The van der Waals surface area contributed by atoms with E-state index in [0.717, 1.165) is 11.1 Å². The van der Waals surface area contributed by atoms with Crippen molar-refractivity contribution in [2.75, 3.05) is 18.5 Å². The fraction of sp³-hybridized carbons (Fsp3) is 0.333. The van der Waals surface area contributed by atoms with E-state index < -0.39 is 6.09 Å². The molecule has 2 amide bonds. The SMILES string of the molecule is CCOC(=O)Nc1ccccc1CN1Cc2ccccc2CN1C(=O)OCC. The zero-order valence-corrected chi connectivity index (χ0v) is 16.2. The highest BCUT2D eigenvalue weighted by atomic mass is 16.6. The molecular formula is C21H25N3O4. The number of carbonyl (C=O) groups excluding carboxylic acids is 2. The minimum atomic E-state index is -0.499. The van der Waals surface area contributed by atoms with Crippen molar-refractivity contribution in [3.63, 3.8) is 0 Å². The maximum absolute atomic E-state index is 12.5. The Hall–Kier alpha value is -3.06. The van der Waals surface area contributed by atoms with Crippen LogP contribution in [0.2, 0.25) is 0 Å². The van der Waals surface area contributed by atoms with Crippen molar-refractivity contribution in [2.45, 2.75) is 33.5 Å². The first kappa shape index (κ1) is 19.7. The third-order valence-corrected chi connectivity index (χ3v) is 4.49. The summed E-state index contributed by atoms with van der Waals surface area (Å²) in [6, 6.07) is 15.5. The number of benzene rings is 2. The molecule has 7 nitrogen and oxygen atoms in total. The smallest absolute Gasteiger partial charge is 0.424 e. The van der Waals surface area contributed by atoms with E-state index in [2.05, 4.69) is 11.4 Å². The molecule has 0 aliphatic carbocycles. The van der Waals surface area contributed by atoms with E-state index in [0.29, 0.717) is 38.5 Å². The molecule has 0 bridgehead atoms. The molecule has 7 heteroatoms. The van der Waals surface area contributed by atoms with Crippen LogP contribution in [0.25, 0.3) is 0 Å². The van der Waals surface area contributed by atoms with Gasteiger partial charge in [-0.2, -0.15) is 0 Å². The molecule has 0 saturated carbocycles. The number of amides is 2. The Labute approximate surface area is 164 Å². The molecule has 0 radical (unpaired) electrons. The summed E-state index contributed by atoms with van der Waals surface area (Å²) in [5, 5.41) is 6.32. The number of carbonyl (C=O) groups is 2. The van der Waals surface area contributed by atoms with E-state index in [1.165, 1.54) is 5.56 Å². The predicted molar refractivity (Wildman–Crippen MR) is 105 cm³/mol. The van der Waals surface area contributed by atoms with Crippen molar-refractivity contribution in [1.29, 1.82) is 0 Å². The largest absolute Gasteiger partial charge is 0.450 e. The molecule has 148 valence electrons. The van der Waals surface area contributed by atoms with E-state index in [-0.39, 0.29) is 6.09 Å². The summed E-state index contributed by atoms with van der Waals surface area (Å²) in [6.07, 6.45) is -0.881. The molecule has 1 N–H and O–H groups in total. The number of hydrogen-bond donors (Lipinski definition) is 1. The van der Waals surface area contributed by atoms with Crippen LogP contribution in [0.4, 0.5) is 15.3 Å². The van der Waals surface area contributed by atoms with Gasteiger partial charge in [-0.15, -0.1) is 0 Å². The number of ether oxygens (including phenoxy) is 2. The molecular weight excluding hydrogens is 358 g/mol. The lowest BCUT2D eigenvalue weighted by atomic mass is 10.0. The van der Waals surface area contributed by atoms with E-state index in [9.17, 15) is 9.59 Å². The molecule has 0 aromatic heterocycles. The van der Waals surface area contributed by atoms with Crippen molar-refractivity contribution in [1.82, 2.24) is 10.0 Å². The van der Waals surface area contributed by atoms with Gasteiger partial charge in [0.25, 0.3) is 0 Å². The molecule has 0 atom stereocenters. The van der Waals surface area contributed by atoms with Crippen LogP contribution in [-0.4, -0.2) is 35.4 Å². The van der Waals surface area contributed by atoms with Crippen LogP contribution in [0.5, 0.6) is 0 Å². The predicted octanol–water partition coefficient (Wildman–Crippen LogP) is 4.14. The van der Waals surface area contributed by atoms with Crippen molar-refractivity contribution >= 4 is 17.9 Å². The van der Waals surface area contributed by atoms with E-state index >= 15 is 0 Å². The zero-order valence-electron chi connectivity index (χ0n) is 16.2. The topological polar surface area (TPSA) is 71.1 Å². The average molecular weight is 383 g/mol. The standard InChI is InChI=1S/C21H25N3O4/c1-3-27-20(25)22-19-12-8-7-11-18(19)14-23-13-16-9-5-6-10-17(16)15-24(23)21(26)28-4-2/h5-12H,3-4,13-15H2,1-2H3,(H,22,25). The first-order valence-electron chi connectivity index (χ1n) is 9.40. The van der Waals surface area contributed by atoms with E-state index in [4.69, 9.17) is 9.47 Å². The van der Waals surface area contributed by atoms with Gasteiger partial charge in [-0.1, -0.05) is 42.5 Å². The molecule has 0 saturated heterocycles. The molecule has 2 aromatic carbocycles. The first-order valence-corrected chi connectivity index (χ1v) is 9.40. The summed E-state index contributed by atoms with van der Waals surface area (Å²) in [7, 11) is 0. The molecule has 0 unspecified atom stereocenters. The van der Waals surface area contributed by atoms with Gasteiger partial charge in [0, 0.05) is 18.8 Å². The van der Waals surface area contributed by atoms with Crippen molar-refractivity contribution in [3.8, 4) is 0 Å². The van der Waals surface area contributed by atoms with Gasteiger partial charge in [0.1, 0.15) is 0 Å². The highest BCUT2D eigenvalue weighted by Gasteiger charge is 2.29. The number of anilines is 1. The summed E-state index contributed by atoms with van der Waals surface area (Å²) in [6.45, 7) is 5.62. The number of fused-ring (bicyclic) bond motifs is 1. The highest BCUT2D eigenvalue weighted by Crippen LogP contribution is 2.27.